The molecule has 1 heterocycles. The third kappa shape index (κ3) is 2.63. The van der Waals surface area contributed by atoms with E-state index in [1.165, 1.54) is 64.4 Å². The van der Waals surface area contributed by atoms with Crippen LogP contribution in [-0.2, 0) is 0 Å². The third-order valence-corrected chi connectivity index (χ3v) is 5.41. The summed E-state index contributed by atoms with van der Waals surface area (Å²) in [4.78, 5) is 0. The molecule has 17 heavy (non-hydrogen) atoms. The number of allylic oxidation sites excluding steroid dienone is 1. The number of benzene rings is 1. The van der Waals surface area contributed by atoms with Crippen LogP contribution >= 0.6 is 8.58 Å². The molecule has 0 aromatic heterocycles. The minimum absolute atomic E-state index is 0.865. The highest BCUT2D eigenvalue weighted by Gasteiger charge is 2.21. The normalized spacial score (nSPS) is 22.9. The van der Waals surface area contributed by atoms with E-state index in [4.69, 9.17) is 0 Å². The lowest BCUT2D eigenvalue weighted by Crippen LogP contribution is -2.04. The van der Waals surface area contributed by atoms with Gasteiger partial charge in [0.15, 0.2) is 0 Å². The van der Waals surface area contributed by atoms with E-state index in [0.29, 0.717) is 0 Å². The van der Waals surface area contributed by atoms with Gasteiger partial charge in [-0.15, -0.1) is 0 Å². The Hall–Kier alpha value is -0.610. The maximum atomic E-state index is 2.46. The van der Waals surface area contributed by atoms with Gasteiger partial charge < -0.3 is 0 Å². The van der Waals surface area contributed by atoms with E-state index in [1.54, 1.807) is 5.31 Å². The minimum Gasteiger partial charge on any atom is -0.0616 e. The smallest absolute Gasteiger partial charge is 0.00768 e. The number of fused-ring (bicyclic) bond motifs is 1. The molecule has 0 atom stereocenters. The van der Waals surface area contributed by atoms with Crippen molar-refractivity contribution in [2.75, 3.05) is 0 Å². The van der Waals surface area contributed by atoms with E-state index < -0.39 is 0 Å². The second-order valence-corrected chi connectivity index (χ2v) is 6.50. The van der Waals surface area contributed by atoms with E-state index in [9.17, 15) is 0 Å². The molecule has 1 saturated carbocycles. The van der Waals surface area contributed by atoms with Crippen LogP contribution in [0.25, 0.3) is 6.08 Å². The lowest BCUT2D eigenvalue weighted by atomic mass is 9.90. The van der Waals surface area contributed by atoms with E-state index in [2.05, 4.69) is 30.3 Å². The van der Waals surface area contributed by atoms with Crippen LogP contribution in [0.4, 0.5) is 0 Å². The highest BCUT2D eigenvalue weighted by Crippen LogP contribution is 2.42. The summed E-state index contributed by atoms with van der Waals surface area (Å²) < 4.78 is 0. The summed E-state index contributed by atoms with van der Waals surface area (Å²) in [5, 5.41) is 3.21. The summed E-state index contributed by atoms with van der Waals surface area (Å²) in [7, 11) is 1.49. The first-order valence-electron chi connectivity index (χ1n) is 6.96. The minimum atomic E-state index is 0.865. The Kier molecular flexibility index (Phi) is 3.62. The van der Waals surface area contributed by atoms with Crippen molar-refractivity contribution in [1.82, 2.24) is 0 Å². The molecule has 0 unspecified atom stereocenters. The Labute approximate surface area is 106 Å². The van der Waals surface area contributed by atoms with Crippen LogP contribution in [0.2, 0.25) is 0 Å². The Balaban J connectivity index is 1.73. The van der Waals surface area contributed by atoms with Gasteiger partial charge in [-0.2, -0.15) is 0 Å². The van der Waals surface area contributed by atoms with Gasteiger partial charge in [-0.05, 0) is 49.6 Å². The zero-order chi connectivity index (χ0) is 11.5. The molecule has 0 saturated heterocycles. The maximum absolute atomic E-state index is 2.46. The van der Waals surface area contributed by atoms with Crippen LogP contribution in [0.1, 0.15) is 50.5 Å². The van der Waals surface area contributed by atoms with E-state index in [1.807, 2.05) is 0 Å². The molecule has 1 radical (unpaired) electrons. The van der Waals surface area contributed by atoms with E-state index >= 15 is 0 Å². The van der Waals surface area contributed by atoms with Gasteiger partial charge in [0.2, 0.25) is 0 Å². The van der Waals surface area contributed by atoms with Crippen molar-refractivity contribution in [3.8, 4) is 0 Å². The average molecular weight is 243 g/mol. The van der Waals surface area contributed by atoms with Gasteiger partial charge in [0.1, 0.15) is 0 Å². The van der Waals surface area contributed by atoms with Gasteiger partial charge in [-0.1, -0.05) is 56.4 Å². The molecule has 0 amide bonds. The zero-order valence-electron chi connectivity index (χ0n) is 10.4. The first-order chi connectivity index (χ1) is 8.43. The number of rotatable bonds is 1. The second kappa shape index (κ2) is 5.36. The molecule has 0 bridgehead atoms. The molecule has 1 aromatic rings. The molecule has 1 aliphatic carbocycles. The van der Waals surface area contributed by atoms with Crippen LogP contribution in [0.3, 0.4) is 0 Å². The summed E-state index contributed by atoms with van der Waals surface area (Å²) in [5.74, 6) is 0.865. The van der Waals surface area contributed by atoms with Crippen LogP contribution < -0.4 is 5.30 Å². The SMILES string of the molecule is C1=C(C2CCCCCCC2)[P]c2ccccc21. The van der Waals surface area contributed by atoms with Crippen molar-refractivity contribution < 1.29 is 0 Å². The van der Waals surface area contributed by atoms with Crippen molar-refractivity contribution in [3.63, 3.8) is 0 Å². The average Bonchev–Trinajstić information content (AvgIpc) is 2.71. The highest BCUT2D eigenvalue weighted by atomic mass is 31.1. The summed E-state index contributed by atoms with van der Waals surface area (Å²) in [6, 6.07) is 8.87. The second-order valence-electron chi connectivity index (χ2n) is 5.28. The van der Waals surface area contributed by atoms with Crippen LogP contribution in [0.15, 0.2) is 29.6 Å². The fourth-order valence-corrected chi connectivity index (χ4v) is 4.35. The van der Waals surface area contributed by atoms with Gasteiger partial charge >= 0.3 is 0 Å². The maximum Gasteiger partial charge on any atom is -0.00768 e. The number of hydrogen-bond donors (Lipinski definition) is 0. The molecule has 89 valence electrons. The van der Waals surface area contributed by atoms with Crippen LogP contribution in [0, 0.1) is 5.92 Å². The lowest BCUT2D eigenvalue weighted by Gasteiger charge is -2.20. The molecule has 1 fully saturated rings. The lowest BCUT2D eigenvalue weighted by molar-refractivity contribution is 0.432. The fraction of sp³-hybridized carbons (Fsp3) is 0.500. The van der Waals surface area contributed by atoms with Crippen molar-refractivity contribution in [3.05, 3.63) is 35.1 Å². The highest BCUT2D eigenvalue weighted by molar-refractivity contribution is 7.53. The van der Waals surface area contributed by atoms with Crippen molar-refractivity contribution in [1.29, 1.82) is 0 Å². The zero-order valence-corrected chi connectivity index (χ0v) is 11.3. The van der Waals surface area contributed by atoms with Crippen molar-refractivity contribution in [2.45, 2.75) is 44.9 Å². The Morgan fingerprint density at radius 1 is 0.882 bits per heavy atom. The summed E-state index contributed by atoms with van der Waals surface area (Å²) in [6.07, 6.45) is 12.6. The molecule has 1 aromatic carbocycles. The largest absolute Gasteiger partial charge is 0.0616 e. The molecule has 2 aliphatic rings. The van der Waals surface area contributed by atoms with Gasteiger partial charge in [0.25, 0.3) is 0 Å². The van der Waals surface area contributed by atoms with E-state index in [-0.39, 0.29) is 0 Å². The van der Waals surface area contributed by atoms with Crippen molar-refractivity contribution in [2.24, 2.45) is 5.92 Å². The summed E-state index contributed by atoms with van der Waals surface area (Å²) >= 11 is 0. The fourth-order valence-electron chi connectivity index (χ4n) is 3.00. The molecular formula is C16H20P. The summed E-state index contributed by atoms with van der Waals surface area (Å²) in [6.45, 7) is 0. The summed E-state index contributed by atoms with van der Waals surface area (Å²) in [5.41, 5.74) is 1.46. The Morgan fingerprint density at radius 3 is 2.35 bits per heavy atom. The molecule has 0 N–H and O–H groups in total. The molecule has 1 aliphatic heterocycles. The molecule has 1 heteroatoms. The van der Waals surface area contributed by atoms with Crippen LogP contribution in [0.5, 0.6) is 0 Å². The molecule has 3 rings (SSSR count). The predicted molar refractivity (Wildman–Crippen MR) is 76.8 cm³/mol. The predicted octanol–water partition coefficient (Wildman–Crippen LogP) is 4.97. The number of hydrogen-bond acceptors (Lipinski definition) is 0. The van der Waals surface area contributed by atoms with Gasteiger partial charge in [0.05, 0.1) is 0 Å². The first-order valence-corrected chi connectivity index (χ1v) is 7.85. The molecule has 0 nitrogen and oxygen atoms in total. The van der Waals surface area contributed by atoms with Crippen molar-refractivity contribution >= 4 is 20.0 Å². The Morgan fingerprint density at radius 2 is 1.59 bits per heavy atom. The topological polar surface area (TPSA) is 0 Å². The van der Waals surface area contributed by atoms with Gasteiger partial charge in [0, 0.05) is 0 Å². The Bertz CT molecular complexity index is 411. The quantitative estimate of drug-likeness (QED) is 0.611. The standard InChI is InChI=1S/C16H20P/c1-2-4-8-13(9-5-3-1)16-12-14-10-6-7-11-15(14)17-16/h6-7,10-13H,1-5,8-9H2. The third-order valence-electron chi connectivity index (χ3n) is 4.01. The van der Waals surface area contributed by atoms with Gasteiger partial charge in [-0.3, -0.25) is 0 Å². The molecule has 0 spiro atoms. The monoisotopic (exact) mass is 243 g/mol. The van der Waals surface area contributed by atoms with Gasteiger partial charge in [-0.25, -0.2) is 0 Å². The van der Waals surface area contributed by atoms with Crippen LogP contribution in [-0.4, -0.2) is 0 Å². The first kappa shape index (κ1) is 11.5. The molecular weight excluding hydrogens is 223 g/mol. The van der Waals surface area contributed by atoms with E-state index in [0.717, 1.165) is 5.92 Å².